The lowest BCUT2D eigenvalue weighted by Gasteiger charge is -2.29. The first kappa shape index (κ1) is 20.7. The number of hydrogen-bond acceptors (Lipinski definition) is 9. The van der Waals surface area contributed by atoms with Crippen LogP contribution in [0.1, 0.15) is 37.7 Å². The maximum absolute atomic E-state index is 11.8. The van der Waals surface area contributed by atoms with Gasteiger partial charge in [0.1, 0.15) is 5.58 Å². The summed E-state index contributed by atoms with van der Waals surface area (Å²) in [6.45, 7) is 5.27. The maximum Gasteiger partial charge on any atom is 0.336 e. The Morgan fingerprint density at radius 1 is 1.06 bits per heavy atom. The van der Waals surface area contributed by atoms with Crippen LogP contribution in [-0.2, 0) is 0 Å². The molecule has 5 rings (SSSR count). The summed E-state index contributed by atoms with van der Waals surface area (Å²) in [6, 6.07) is 7.44. The standard InChI is InChI=1S/C23H29N7O2/c1-15-12-20(31)32-19-13-16(7-8-18(15)19)25-21-26-22(29-9-3-2-4-10-29)28-23(27-21)30-11-5-6-17(30)14-24/h7-8,12-13,17H,2-6,9-11,14,24H2,1H3,(H,25,26,27,28)/t17-/m1/s1. The minimum absolute atomic E-state index is 0.248. The van der Waals surface area contributed by atoms with E-state index in [2.05, 4.69) is 15.1 Å². The SMILES string of the molecule is Cc1cc(=O)oc2cc(Nc3nc(N4CCCCC4)nc(N4CCC[C@@H]4CN)n3)ccc12. The molecule has 4 heterocycles. The molecular formula is C23H29N7O2. The number of aromatic nitrogens is 3. The van der Waals surface area contributed by atoms with Crippen molar-refractivity contribution in [2.45, 2.75) is 45.1 Å². The molecule has 0 radical (unpaired) electrons. The van der Waals surface area contributed by atoms with E-state index in [1.807, 2.05) is 25.1 Å². The van der Waals surface area contributed by atoms with E-state index < -0.39 is 0 Å². The van der Waals surface area contributed by atoms with E-state index in [1.165, 1.54) is 12.5 Å². The molecule has 0 unspecified atom stereocenters. The summed E-state index contributed by atoms with van der Waals surface area (Å²) >= 11 is 0. The minimum atomic E-state index is -0.358. The summed E-state index contributed by atoms with van der Waals surface area (Å²) in [6.07, 6.45) is 5.65. The zero-order valence-corrected chi connectivity index (χ0v) is 18.4. The second-order valence-corrected chi connectivity index (χ2v) is 8.62. The van der Waals surface area contributed by atoms with Crippen LogP contribution in [0, 0.1) is 6.92 Å². The van der Waals surface area contributed by atoms with Crippen molar-refractivity contribution in [2.24, 2.45) is 5.73 Å². The molecule has 2 fully saturated rings. The molecule has 168 valence electrons. The van der Waals surface area contributed by atoms with E-state index in [0.717, 1.165) is 62.0 Å². The van der Waals surface area contributed by atoms with Crippen LogP contribution < -0.4 is 26.5 Å². The maximum atomic E-state index is 11.8. The molecule has 3 N–H and O–H groups in total. The largest absolute Gasteiger partial charge is 0.423 e. The molecule has 0 saturated carbocycles. The number of nitrogens with zero attached hydrogens (tertiary/aromatic N) is 5. The van der Waals surface area contributed by atoms with Gasteiger partial charge in [-0.3, -0.25) is 0 Å². The Morgan fingerprint density at radius 3 is 2.69 bits per heavy atom. The van der Waals surface area contributed by atoms with Crippen molar-refractivity contribution in [2.75, 3.05) is 41.3 Å². The van der Waals surface area contributed by atoms with Crippen LogP contribution in [0.15, 0.2) is 33.5 Å². The van der Waals surface area contributed by atoms with E-state index in [1.54, 1.807) is 0 Å². The Kier molecular flexibility index (Phi) is 5.65. The predicted molar refractivity (Wildman–Crippen MR) is 126 cm³/mol. The van der Waals surface area contributed by atoms with Gasteiger partial charge in [-0.1, -0.05) is 0 Å². The first-order valence-corrected chi connectivity index (χ1v) is 11.4. The fourth-order valence-electron chi connectivity index (χ4n) is 4.65. The fourth-order valence-corrected chi connectivity index (χ4v) is 4.65. The second kappa shape index (κ2) is 8.74. The zero-order chi connectivity index (χ0) is 22.1. The quantitative estimate of drug-likeness (QED) is 0.584. The van der Waals surface area contributed by atoms with Gasteiger partial charge in [0.2, 0.25) is 17.8 Å². The van der Waals surface area contributed by atoms with Gasteiger partial charge in [0.05, 0.1) is 0 Å². The Labute approximate surface area is 186 Å². The van der Waals surface area contributed by atoms with Crippen molar-refractivity contribution in [3.63, 3.8) is 0 Å². The fraction of sp³-hybridized carbons (Fsp3) is 0.478. The second-order valence-electron chi connectivity index (χ2n) is 8.62. The van der Waals surface area contributed by atoms with E-state index in [0.29, 0.717) is 30.0 Å². The van der Waals surface area contributed by atoms with Gasteiger partial charge < -0.3 is 25.3 Å². The molecule has 9 nitrogen and oxygen atoms in total. The Bertz CT molecular complexity index is 1170. The van der Waals surface area contributed by atoms with Crippen LogP contribution in [-0.4, -0.2) is 47.2 Å². The molecule has 32 heavy (non-hydrogen) atoms. The lowest BCUT2D eigenvalue weighted by atomic mass is 10.1. The summed E-state index contributed by atoms with van der Waals surface area (Å²) in [5.74, 6) is 1.84. The minimum Gasteiger partial charge on any atom is -0.423 e. The molecular weight excluding hydrogens is 406 g/mol. The smallest absolute Gasteiger partial charge is 0.336 e. The first-order chi connectivity index (χ1) is 15.6. The molecule has 3 aromatic rings. The number of piperidine rings is 1. The third kappa shape index (κ3) is 4.12. The van der Waals surface area contributed by atoms with Gasteiger partial charge >= 0.3 is 5.63 Å². The molecule has 0 spiro atoms. The van der Waals surface area contributed by atoms with Gasteiger partial charge in [0.25, 0.3) is 0 Å². The summed E-state index contributed by atoms with van der Waals surface area (Å²) in [4.78, 5) is 30.5. The lowest BCUT2D eigenvalue weighted by Crippen LogP contribution is -2.37. The van der Waals surface area contributed by atoms with E-state index in [-0.39, 0.29) is 11.7 Å². The monoisotopic (exact) mass is 435 g/mol. The van der Waals surface area contributed by atoms with Gasteiger partial charge in [-0.15, -0.1) is 0 Å². The molecule has 0 amide bonds. The highest BCUT2D eigenvalue weighted by molar-refractivity contribution is 5.83. The average molecular weight is 436 g/mol. The zero-order valence-electron chi connectivity index (χ0n) is 18.4. The van der Waals surface area contributed by atoms with Gasteiger partial charge in [-0.2, -0.15) is 15.0 Å². The van der Waals surface area contributed by atoms with Gasteiger partial charge in [0.15, 0.2) is 0 Å². The average Bonchev–Trinajstić information content (AvgIpc) is 3.28. The number of fused-ring (bicyclic) bond motifs is 1. The van der Waals surface area contributed by atoms with Crippen LogP contribution in [0.4, 0.5) is 23.5 Å². The Hall–Kier alpha value is -3.20. The van der Waals surface area contributed by atoms with E-state index in [9.17, 15) is 4.79 Å². The van der Waals surface area contributed by atoms with Gasteiger partial charge in [0, 0.05) is 55.4 Å². The van der Waals surface area contributed by atoms with E-state index in [4.69, 9.17) is 25.1 Å². The summed E-state index contributed by atoms with van der Waals surface area (Å²) in [5.41, 5.74) is 7.83. The number of benzene rings is 1. The van der Waals surface area contributed by atoms with Crippen LogP contribution in [0.25, 0.3) is 11.0 Å². The first-order valence-electron chi connectivity index (χ1n) is 11.4. The molecule has 1 aromatic carbocycles. The third-order valence-corrected chi connectivity index (χ3v) is 6.36. The summed E-state index contributed by atoms with van der Waals surface area (Å²) in [7, 11) is 0. The molecule has 2 aliphatic rings. The van der Waals surface area contributed by atoms with Crippen molar-refractivity contribution in [3.05, 3.63) is 40.2 Å². The van der Waals surface area contributed by atoms with Crippen LogP contribution in [0.5, 0.6) is 0 Å². The molecule has 2 aliphatic heterocycles. The number of anilines is 4. The van der Waals surface area contributed by atoms with Crippen LogP contribution in [0.3, 0.4) is 0 Å². The van der Waals surface area contributed by atoms with Crippen molar-refractivity contribution in [1.82, 2.24) is 15.0 Å². The normalized spacial score (nSPS) is 19.0. The lowest BCUT2D eigenvalue weighted by molar-refractivity contribution is 0.560. The van der Waals surface area contributed by atoms with Crippen molar-refractivity contribution in [1.29, 1.82) is 0 Å². The highest BCUT2D eigenvalue weighted by atomic mass is 16.4. The molecule has 1 atom stereocenters. The third-order valence-electron chi connectivity index (χ3n) is 6.36. The number of rotatable bonds is 5. The number of nitrogens with one attached hydrogen (secondary N) is 1. The van der Waals surface area contributed by atoms with E-state index >= 15 is 0 Å². The molecule has 0 bridgehead atoms. The molecule has 2 aromatic heterocycles. The number of nitrogens with two attached hydrogens (primary N) is 1. The Morgan fingerprint density at radius 2 is 1.88 bits per heavy atom. The van der Waals surface area contributed by atoms with Crippen LogP contribution >= 0.6 is 0 Å². The topological polar surface area (TPSA) is 113 Å². The van der Waals surface area contributed by atoms with Crippen molar-refractivity contribution < 1.29 is 4.42 Å². The van der Waals surface area contributed by atoms with Gasteiger partial charge in [-0.25, -0.2) is 4.79 Å². The number of hydrogen-bond donors (Lipinski definition) is 2. The highest BCUT2D eigenvalue weighted by Crippen LogP contribution is 2.28. The molecule has 9 heteroatoms. The summed E-state index contributed by atoms with van der Waals surface area (Å²) in [5, 5.41) is 4.21. The highest BCUT2D eigenvalue weighted by Gasteiger charge is 2.27. The summed E-state index contributed by atoms with van der Waals surface area (Å²) < 4.78 is 5.39. The Balaban J connectivity index is 1.51. The number of aryl methyl sites for hydroxylation is 1. The molecule has 2 saturated heterocycles. The predicted octanol–water partition coefficient (Wildman–Crippen LogP) is 2.95. The molecule has 0 aliphatic carbocycles. The van der Waals surface area contributed by atoms with Gasteiger partial charge in [-0.05, 0) is 56.7 Å². The van der Waals surface area contributed by atoms with Crippen LogP contribution in [0.2, 0.25) is 0 Å². The van der Waals surface area contributed by atoms with Crippen molar-refractivity contribution >= 4 is 34.5 Å². The van der Waals surface area contributed by atoms with Crippen molar-refractivity contribution in [3.8, 4) is 0 Å².